The van der Waals surface area contributed by atoms with Crippen LogP contribution >= 0.6 is 0 Å². The molecule has 0 spiro atoms. The highest BCUT2D eigenvalue weighted by Crippen LogP contribution is 2.48. The Hall–Kier alpha value is -1.89. The van der Waals surface area contributed by atoms with Gasteiger partial charge in [-0.2, -0.15) is 0 Å². The number of aliphatic imine (C=N–C) groups is 1. The van der Waals surface area contributed by atoms with Crippen molar-refractivity contribution in [2.24, 2.45) is 28.7 Å². The van der Waals surface area contributed by atoms with Crippen molar-refractivity contribution in [1.29, 1.82) is 0 Å². The zero-order valence-electron chi connectivity index (χ0n) is 19.2. The molecule has 1 aromatic rings. The number of rotatable bonds is 8. The molecular formula is C28H39N. The van der Waals surface area contributed by atoms with Gasteiger partial charge < -0.3 is 0 Å². The molecular weight excluding hydrogens is 350 g/mol. The zero-order chi connectivity index (χ0) is 21.0. The third-order valence-electron chi connectivity index (χ3n) is 7.04. The van der Waals surface area contributed by atoms with Crippen molar-refractivity contribution in [1.82, 2.24) is 0 Å². The zero-order valence-corrected chi connectivity index (χ0v) is 19.2. The van der Waals surface area contributed by atoms with Crippen LogP contribution in [-0.2, 0) is 19.3 Å². The van der Waals surface area contributed by atoms with Crippen molar-refractivity contribution in [3.8, 4) is 0 Å². The maximum absolute atomic E-state index is 4.79. The Kier molecular flexibility index (Phi) is 7.33. The molecule has 0 amide bonds. The second-order valence-electron chi connectivity index (χ2n) is 9.19. The van der Waals surface area contributed by atoms with Gasteiger partial charge in [-0.25, -0.2) is 0 Å². The topological polar surface area (TPSA) is 12.4 Å². The monoisotopic (exact) mass is 389 g/mol. The second-order valence-corrected chi connectivity index (χ2v) is 9.19. The molecule has 0 N–H and O–H groups in total. The van der Waals surface area contributed by atoms with Crippen molar-refractivity contribution < 1.29 is 0 Å². The second kappa shape index (κ2) is 9.74. The molecule has 0 saturated heterocycles. The molecule has 1 heteroatoms. The van der Waals surface area contributed by atoms with Gasteiger partial charge in [0.2, 0.25) is 0 Å². The summed E-state index contributed by atoms with van der Waals surface area (Å²) in [6.45, 7) is 15.4. The van der Waals surface area contributed by atoms with Crippen LogP contribution in [-0.4, -0.2) is 6.21 Å². The summed E-state index contributed by atoms with van der Waals surface area (Å²) in [6.07, 6.45) is 14.1. The minimum atomic E-state index is 0.454. The number of allylic oxidation sites excluding steroid dienone is 4. The SMILES string of the molecule is C=C(C)C1=C(N=CC)C(C2CC(Cc3cccc(CCC)c3CC)CC2C)C=C1. The van der Waals surface area contributed by atoms with E-state index in [0.29, 0.717) is 11.8 Å². The summed E-state index contributed by atoms with van der Waals surface area (Å²) < 4.78 is 0. The van der Waals surface area contributed by atoms with Crippen molar-refractivity contribution in [3.05, 3.63) is 70.5 Å². The molecule has 2 aliphatic carbocycles. The van der Waals surface area contributed by atoms with Crippen molar-refractivity contribution >= 4 is 6.21 Å². The molecule has 29 heavy (non-hydrogen) atoms. The van der Waals surface area contributed by atoms with E-state index in [-0.39, 0.29) is 0 Å². The lowest BCUT2D eigenvalue weighted by atomic mass is 9.83. The van der Waals surface area contributed by atoms with Crippen LogP contribution in [0.2, 0.25) is 0 Å². The van der Waals surface area contributed by atoms with Gasteiger partial charge in [0, 0.05) is 12.1 Å². The van der Waals surface area contributed by atoms with Gasteiger partial charge in [0.05, 0.1) is 5.70 Å². The summed E-state index contributed by atoms with van der Waals surface area (Å²) in [5.41, 5.74) is 8.42. The predicted octanol–water partition coefficient (Wildman–Crippen LogP) is 7.51. The van der Waals surface area contributed by atoms with Gasteiger partial charge in [-0.3, -0.25) is 4.99 Å². The fraction of sp³-hybridized carbons (Fsp3) is 0.536. The Bertz CT molecular complexity index is 823. The quantitative estimate of drug-likeness (QED) is 0.408. The van der Waals surface area contributed by atoms with E-state index in [1.165, 1.54) is 43.4 Å². The van der Waals surface area contributed by atoms with E-state index in [1.807, 2.05) is 13.1 Å². The first kappa shape index (κ1) is 21.8. The number of hydrogen-bond acceptors (Lipinski definition) is 1. The van der Waals surface area contributed by atoms with Gasteiger partial charge in [-0.05, 0) is 91.5 Å². The van der Waals surface area contributed by atoms with Crippen LogP contribution in [0.25, 0.3) is 0 Å². The van der Waals surface area contributed by atoms with Crippen LogP contribution < -0.4 is 0 Å². The smallest absolute Gasteiger partial charge is 0.0545 e. The molecule has 0 aromatic heterocycles. The summed E-state index contributed by atoms with van der Waals surface area (Å²) in [7, 11) is 0. The fourth-order valence-corrected chi connectivity index (χ4v) is 5.79. The Balaban J connectivity index is 1.78. The lowest BCUT2D eigenvalue weighted by Crippen LogP contribution is -2.16. The Morgan fingerprint density at radius 2 is 1.97 bits per heavy atom. The highest BCUT2D eigenvalue weighted by Gasteiger charge is 2.39. The highest BCUT2D eigenvalue weighted by atomic mass is 14.8. The Labute approximate surface area is 178 Å². The van der Waals surface area contributed by atoms with Crippen molar-refractivity contribution in [3.63, 3.8) is 0 Å². The average molecular weight is 390 g/mol. The normalized spacial score (nSPS) is 26.8. The number of aryl methyl sites for hydroxylation is 1. The standard InChI is InChI=1S/C28H39N/c1-7-11-22-12-10-13-23(24(22)8-2)17-21-16-20(6)27(18-21)26-15-14-25(19(4)5)28(26)29-9-3/h9-10,12-15,20-21,26-27H,4,7-8,11,16-18H2,1-3,5-6H3. The van der Waals surface area contributed by atoms with Crippen LogP contribution in [0.15, 0.2) is 58.8 Å². The average Bonchev–Trinajstić information content (AvgIpc) is 3.25. The third-order valence-corrected chi connectivity index (χ3v) is 7.04. The van der Waals surface area contributed by atoms with E-state index in [0.717, 1.165) is 23.8 Å². The fourth-order valence-electron chi connectivity index (χ4n) is 5.79. The molecule has 3 rings (SSSR count). The van der Waals surface area contributed by atoms with Gasteiger partial charge >= 0.3 is 0 Å². The van der Waals surface area contributed by atoms with Gasteiger partial charge in [0.25, 0.3) is 0 Å². The molecule has 1 saturated carbocycles. The van der Waals surface area contributed by atoms with Crippen molar-refractivity contribution in [2.45, 2.75) is 73.1 Å². The molecule has 2 aliphatic rings. The molecule has 0 bridgehead atoms. The molecule has 4 unspecified atom stereocenters. The van der Waals surface area contributed by atoms with Crippen LogP contribution in [0.5, 0.6) is 0 Å². The first-order chi connectivity index (χ1) is 14.0. The lowest BCUT2D eigenvalue weighted by Gasteiger charge is -2.23. The van der Waals surface area contributed by atoms with Gasteiger partial charge in [0.1, 0.15) is 0 Å². The van der Waals surface area contributed by atoms with E-state index in [4.69, 9.17) is 4.99 Å². The van der Waals surface area contributed by atoms with E-state index in [1.54, 1.807) is 16.7 Å². The van der Waals surface area contributed by atoms with E-state index < -0.39 is 0 Å². The van der Waals surface area contributed by atoms with E-state index in [2.05, 4.69) is 64.6 Å². The molecule has 1 fully saturated rings. The molecule has 0 radical (unpaired) electrons. The number of hydrogen-bond donors (Lipinski definition) is 0. The van der Waals surface area contributed by atoms with Crippen LogP contribution in [0.4, 0.5) is 0 Å². The summed E-state index contributed by atoms with van der Waals surface area (Å²) in [5, 5.41) is 0. The minimum Gasteiger partial charge on any atom is -0.265 e. The first-order valence-electron chi connectivity index (χ1n) is 11.7. The van der Waals surface area contributed by atoms with Crippen LogP contribution in [0.3, 0.4) is 0 Å². The van der Waals surface area contributed by atoms with E-state index >= 15 is 0 Å². The molecule has 0 aliphatic heterocycles. The predicted molar refractivity (Wildman–Crippen MR) is 128 cm³/mol. The maximum atomic E-state index is 4.79. The summed E-state index contributed by atoms with van der Waals surface area (Å²) in [6, 6.07) is 7.01. The third kappa shape index (κ3) is 4.65. The van der Waals surface area contributed by atoms with Gasteiger partial charge in [-0.15, -0.1) is 0 Å². The van der Waals surface area contributed by atoms with Crippen molar-refractivity contribution in [2.75, 3.05) is 0 Å². The summed E-state index contributed by atoms with van der Waals surface area (Å²) in [5.74, 6) is 2.67. The lowest BCUT2D eigenvalue weighted by molar-refractivity contribution is 0.353. The Morgan fingerprint density at radius 1 is 1.21 bits per heavy atom. The number of benzene rings is 1. The van der Waals surface area contributed by atoms with Gasteiger partial charge in [0.15, 0.2) is 0 Å². The molecule has 1 nitrogen and oxygen atoms in total. The molecule has 156 valence electrons. The summed E-state index contributed by atoms with van der Waals surface area (Å²) >= 11 is 0. The largest absolute Gasteiger partial charge is 0.265 e. The maximum Gasteiger partial charge on any atom is 0.0545 e. The summed E-state index contributed by atoms with van der Waals surface area (Å²) in [4.78, 5) is 4.79. The first-order valence-corrected chi connectivity index (χ1v) is 11.7. The molecule has 0 heterocycles. The van der Waals surface area contributed by atoms with Gasteiger partial charge in [-0.1, -0.05) is 64.1 Å². The Morgan fingerprint density at radius 3 is 2.62 bits per heavy atom. The van der Waals surface area contributed by atoms with Crippen LogP contribution in [0.1, 0.15) is 70.6 Å². The van der Waals surface area contributed by atoms with E-state index in [9.17, 15) is 0 Å². The minimum absolute atomic E-state index is 0.454. The molecule has 4 atom stereocenters. The number of nitrogens with zero attached hydrogens (tertiary/aromatic N) is 1. The molecule has 1 aromatic carbocycles. The highest BCUT2D eigenvalue weighted by molar-refractivity contribution is 5.59. The van der Waals surface area contributed by atoms with Crippen LogP contribution in [0, 0.1) is 23.7 Å².